The van der Waals surface area contributed by atoms with Crippen LogP contribution in [-0.4, -0.2) is 35.5 Å². The van der Waals surface area contributed by atoms with Gasteiger partial charge in [0.15, 0.2) is 0 Å². The Morgan fingerprint density at radius 1 is 1.21 bits per heavy atom. The van der Waals surface area contributed by atoms with Crippen LogP contribution in [0.5, 0.6) is 0 Å². The van der Waals surface area contributed by atoms with Crippen molar-refractivity contribution in [2.24, 2.45) is 5.92 Å². The van der Waals surface area contributed by atoms with Crippen molar-refractivity contribution in [2.45, 2.75) is 52.1 Å². The van der Waals surface area contributed by atoms with E-state index in [2.05, 4.69) is 13.8 Å². The quantitative estimate of drug-likeness (QED) is 0.638. The van der Waals surface area contributed by atoms with Crippen LogP contribution in [0.2, 0.25) is 0 Å². The number of nitrogens with zero attached hydrogens (tertiary/aromatic N) is 3. The molecule has 3 rings (SSSR count). The van der Waals surface area contributed by atoms with E-state index in [9.17, 15) is 13.2 Å². The van der Waals surface area contributed by atoms with Crippen LogP contribution >= 0.6 is 10.7 Å². The van der Waals surface area contributed by atoms with Crippen LogP contribution in [0.1, 0.15) is 49.5 Å². The smallest absolute Gasteiger partial charge is 0.410 e. The number of rotatable bonds is 6. The first-order valence-corrected chi connectivity index (χ1v) is 12.1. The molecular weight excluding hydrogens is 414 g/mol. The van der Waals surface area contributed by atoms with Gasteiger partial charge in [0.25, 0.3) is 0 Å². The minimum Gasteiger partial charge on any atom is -0.445 e. The molecule has 158 valence electrons. The van der Waals surface area contributed by atoms with Crippen LogP contribution in [-0.2, 0) is 39.2 Å². The van der Waals surface area contributed by atoms with Crippen LogP contribution in [0, 0.1) is 5.92 Å². The standard InChI is InChI=1S/C20H26ClN3O4S/c1-14(2)15(3)19-17(13-29(21,26)27)24-10-9-23(11-18(24)22-19)20(25)28-12-16-7-5-4-6-8-16/h4-8,14-15H,9-13H2,1-3H3/t15-/m1/s1. The van der Waals surface area contributed by atoms with Gasteiger partial charge >= 0.3 is 6.09 Å². The number of imidazole rings is 1. The van der Waals surface area contributed by atoms with Gasteiger partial charge < -0.3 is 9.30 Å². The maximum atomic E-state index is 12.5. The fraction of sp³-hybridized carbons (Fsp3) is 0.500. The number of fused-ring (bicyclic) bond motifs is 1. The number of ether oxygens (including phenoxy) is 1. The van der Waals surface area contributed by atoms with Gasteiger partial charge in [0.1, 0.15) is 18.2 Å². The van der Waals surface area contributed by atoms with E-state index in [0.29, 0.717) is 24.6 Å². The Morgan fingerprint density at radius 2 is 1.90 bits per heavy atom. The van der Waals surface area contributed by atoms with E-state index in [4.69, 9.17) is 20.4 Å². The Balaban J connectivity index is 1.78. The molecule has 2 heterocycles. The number of aromatic nitrogens is 2. The average Bonchev–Trinajstić information content (AvgIpc) is 3.02. The third kappa shape index (κ3) is 5.30. The molecule has 1 aromatic heterocycles. The fourth-order valence-electron chi connectivity index (χ4n) is 3.38. The second kappa shape index (κ2) is 8.75. The molecule has 0 fully saturated rings. The number of hydrogen-bond acceptors (Lipinski definition) is 5. The Morgan fingerprint density at radius 3 is 2.52 bits per heavy atom. The van der Waals surface area contributed by atoms with Crippen LogP contribution in [0.25, 0.3) is 0 Å². The fourth-order valence-corrected chi connectivity index (χ4v) is 4.32. The Kier molecular flexibility index (Phi) is 6.53. The maximum absolute atomic E-state index is 12.5. The predicted molar refractivity (Wildman–Crippen MR) is 111 cm³/mol. The molecule has 0 bridgehead atoms. The van der Waals surface area contributed by atoms with Crippen molar-refractivity contribution < 1.29 is 17.9 Å². The lowest BCUT2D eigenvalue weighted by Crippen LogP contribution is -2.39. The zero-order chi connectivity index (χ0) is 21.2. The molecular formula is C20H26ClN3O4S. The second-order valence-electron chi connectivity index (χ2n) is 7.69. The van der Waals surface area contributed by atoms with E-state index in [-0.39, 0.29) is 30.7 Å². The van der Waals surface area contributed by atoms with Crippen LogP contribution < -0.4 is 0 Å². The lowest BCUT2D eigenvalue weighted by atomic mass is 9.94. The highest BCUT2D eigenvalue weighted by Gasteiger charge is 2.30. The number of benzene rings is 1. The number of carbonyl (C=O) groups is 1. The molecule has 0 spiro atoms. The van der Waals surface area contributed by atoms with Gasteiger partial charge in [-0.1, -0.05) is 51.1 Å². The lowest BCUT2D eigenvalue weighted by Gasteiger charge is -2.27. The summed E-state index contributed by atoms with van der Waals surface area (Å²) in [5.74, 6) is 0.744. The number of amides is 1. The molecule has 1 aliphatic rings. The van der Waals surface area contributed by atoms with Gasteiger partial charge in [0.05, 0.1) is 17.9 Å². The lowest BCUT2D eigenvalue weighted by molar-refractivity contribution is 0.0860. The van der Waals surface area contributed by atoms with Gasteiger partial charge in [-0.05, 0) is 11.5 Å². The van der Waals surface area contributed by atoms with Gasteiger partial charge in [0.2, 0.25) is 9.05 Å². The minimum atomic E-state index is -3.73. The van der Waals surface area contributed by atoms with Crippen molar-refractivity contribution in [1.82, 2.24) is 14.5 Å². The molecule has 29 heavy (non-hydrogen) atoms. The summed E-state index contributed by atoms with van der Waals surface area (Å²) in [7, 11) is 1.82. The van der Waals surface area contributed by atoms with E-state index in [1.54, 1.807) is 4.90 Å². The van der Waals surface area contributed by atoms with Crippen LogP contribution in [0.15, 0.2) is 30.3 Å². The van der Waals surface area contributed by atoms with Crippen molar-refractivity contribution in [3.8, 4) is 0 Å². The summed E-state index contributed by atoms with van der Waals surface area (Å²) in [6.45, 7) is 7.50. The summed E-state index contributed by atoms with van der Waals surface area (Å²) < 4.78 is 30.8. The van der Waals surface area contributed by atoms with Gasteiger partial charge in [-0.3, -0.25) is 4.90 Å². The summed E-state index contributed by atoms with van der Waals surface area (Å²) in [5, 5.41) is 0. The van der Waals surface area contributed by atoms with Gasteiger partial charge in [-0.15, -0.1) is 0 Å². The maximum Gasteiger partial charge on any atom is 0.410 e. The zero-order valence-electron chi connectivity index (χ0n) is 16.8. The van der Waals surface area contributed by atoms with Crippen molar-refractivity contribution >= 4 is 25.8 Å². The van der Waals surface area contributed by atoms with E-state index < -0.39 is 15.1 Å². The molecule has 1 aliphatic heterocycles. The zero-order valence-corrected chi connectivity index (χ0v) is 18.4. The predicted octanol–water partition coefficient (Wildman–Crippen LogP) is 3.86. The van der Waals surface area contributed by atoms with E-state index >= 15 is 0 Å². The summed E-state index contributed by atoms with van der Waals surface area (Å²) in [6, 6.07) is 9.49. The van der Waals surface area contributed by atoms with Gasteiger partial charge in [0, 0.05) is 29.7 Å². The van der Waals surface area contributed by atoms with Gasteiger partial charge in [-0.25, -0.2) is 18.2 Å². The minimum absolute atomic E-state index is 0.0694. The molecule has 1 atom stereocenters. The summed E-state index contributed by atoms with van der Waals surface area (Å²) in [5.41, 5.74) is 2.27. The van der Waals surface area contributed by atoms with Crippen molar-refractivity contribution in [1.29, 1.82) is 0 Å². The SMILES string of the molecule is CC(C)[C@@H](C)c1nc2n(c1CS(=O)(=O)Cl)CCN(C(=O)OCc1ccccc1)C2. The average molecular weight is 440 g/mol. The first kappa shape index (κ1) is 21.6. The van der Waals surface area contributed by atoms with Crippen molar-refractivity contribution in [3.63, 3.8) is 0 Å². The Bertz CT molecular complexity index is 973. The second-order valence-corrected chi connectivity index (χ2v) is 10.5. The van der Waals surface area contributed by atoms with Gasteiger partial charge in [-0.2, -0.15) is 0 Å². The molecule has 7 nitrogen and oxygen atoms in total. The molecule has 0 unspecified atom stereocenters. The van der Waals surface area contributed by atoms with Crippen LogP contribution in [0.4, 0.5) is 4.79 Å². The highest BCUT2D eigenvalue weighted by Crippen LogP contribution is 2.30. The first-order chi connectivity index (χ1) is 13.7. The van der Waals surface area contributed by atoms with E-state index in [1.807, 2.05) is 41.8 Å². The van der Waals surface area contributed by atoms with E-state index in [1.165, 1.54) is 0 Å². The third-order valence-electron chi connectivity index (χ3n) is 5.31. The number of halogens is 1. The molecule has 2 aromatic rings. The van der Waals surface area contributed by atoms with Crippen molar-refractivity contribution in [3.05, 3.63) is 53.1 Å². The summed E-state index contributed by atoms with van der Waals surface area (Å²) in [6.07, 6.45) is -0.409. The summed E-state index contributed by atoms with van der Waals surface area (Å²) >= 11 is 0. The summed E-state index contributed by atoms with van der Waals surface area (Å²) in [4.78, 5) is 18.8. The molecule has 0 aliphatic carbocycles. The van der Waals surface area contributed by atoms with E-state index in [0.717, 1.165) is 11.3 Å². The molecule has 1 amide bonds. The first-order valence-electron chi connectivity index (χ1n) is 9.62. The highest BCUT2D eigenvalue weighted by atomic mass is 35.7. The number of hydrogen-bond donors (Lipinski definition) is 0. The van der Waals surface area contributed by atoms with Crippen molar-refractivity contribution in [2.75, 3.05) is 6.54 Å². The Hall–Kier alpha value is -2.06. The molecule has 0 saturated heterocycles. The molecule has 9 heteroatoms. The highest BCUT2D eigenvalue weighted by molar-refractivity contribution is 8.13. The largest absolute Gasteiger partial charge is 0.445 e. The molecule has 0 radical (unpaired) electrons. The molecule has 0 N–H and O–H groups in total. The topological polar surface area (TPSA) is 81.5 Å². The monoisotopic (exact) mass is 439 g/mol. The molecule has 0 saturated carbocycles. The molecule has 1 aromatic carbocycles. The van der Waals surface area contributed by atoms with Crippen LogP contribution in [0.3, 0.4) is 0 Å². The third-order valence-corrected chi connectivity index (χ3v) is 6.26. The number of carbonyl (C=O) groups excluding carboxylic acids is 1. The normalized spacial score (nSPS) is 15.3. The Labute approximate surface area is 176 Å².